The van der Waals surface area contributed by atoms with Crippen molar-refractivity contribution in [3.05, 3.63) is 0 Å². The summed E-state index contributed by atoms with van der Waals surface area (Å²) in [7, 11) is 0. The minimum Gasteiger partial charge on any atom is -0.390 e. The molecule has 0 radical (unpaired) electrons. The van der Waals surface area contributed by atoms with Crippen LogP contribution in [0.2, 0.25) is 0 Å². The minimum absolute atomic E-state index is 0.157. The summed E-state index contributed by atoms with van der Waals surface area (Å²) in [5.41, 5.74) is 0.0839. The Labute approximate surface area is 75.2 Å². The number of hydrogen-bond acceptors (Lipinski definition) is 1. The van der Waals surface area contributed by atoms with Crippen LogP contribution in [0.1, 0.15) is 47.0 Å². The van der Waals surface area contributed by atoms with Crippen molar-refractivity contribution in [2.75, 3.05) is 0 Å². The molecule has 0 aromatic carbocycles. The first-order valence-corrected chi connectivity index (χ1v) is 5.04. The zero-order valence-electron chi connectivity index (χ0n) is 8.65. The van der Waals surface area contributed by atoms with E-state index in [-0.39, 0.29) is 5.41 Å². The molecule has 0 aromatic heterocycles. The van der Waals surface area contributed by atoms with Crippen molar-refractivity contribution in [2.24, 2.45) is 16.7 Å². The molecule has 2 bridgehead atoms. The van der Waals surface area contributed by atoms with Crippen LogP contribution in [0.4, 0.5) is 0 Å². The van der Waals surface area contributed by atoms with E-state index in [1.165, 1.54) is 12.8 Å². The molecule has 0 amide bonds. The Morgan fingerprint density at radius 2 is 1.75 bits per heavy atom. The van der Waals surface area contributed by atoms with Gasteiger partial charge in [0.05, 0.1) is 5.60 Å². The second kappa shape index (κ2) is 1.89. The van der Waals surface area contributed by atoms with Gasteiger partial charge < -0.3 is 5.11 Å². The van der Waals surface area contributed by atoms with Gasteiger partial charge in [-0.15, -0.1) is 0 Å². The molecule has 2 saturated carbocycles. The maximum absolute atomic E-state index is 10.3. The van der Waals surface area contributed by atoms with Crippen molar-refractivity contribution in [3.63, 3.8) is 0 Å². The summed E-state index contributed by atoms with van der Waals surface area (Å²) in [6.45, 7) is 8.94. The predicted octanol–water partition coefficient (Wildman–Crippen LogP) is 2.58. The fourth-order valence-corrected chi connectivity index (χ4v) is 3.62. The molecule has 0 spiro atoms. The third-order valence-corrected chi connectivity index (χ3v) is 5.27. The first-order chi connectivity index (χ1) is 5.31. The average molecular weight is 168 g/mol. The lowest BCUT2D eigenvalue weighted by Gasteiger charge is -2.43. The molecule has 12 heavy (non-hydrogen) atoms. The van der Waals surface area contributed by atoms with Crippen LogP contribution >= 0.6 is 0 Å². The van der Waals surface area contributed by atoms with Crippen molar-refractivity contribution < 1.29 is 5.11 Å². The summed E-state index contributed by atoms with van der Waals surface area (Å²) >= 11 is 0. The van der Waals surface area contributed by atoms with Gasteiger partial charge in [-0.2, -0.15) is 0 Å². The Bertz CT molecular complexity index is 217. The Hall–Kier alpha value is -0.0400. The number of hydrogen-bond donors (Lipinski definition) is 1. The molecule has 2 aliphatic carbocycles. The van der Waals surface area contributed by atoms with Gasteiger partial charge in [0.25, 0.3) is 0 Å². The zero-order chi connectivity index (χ0) is 9.20. The molecule has 1 N–H and O–H groups in total. The second-order valence-corrected chi connectivity index (χ2v) is 5.77. The molecule has 2 rings (SSSR count). The van der Waals surface area contributed by atoms with E-state index in [1.807, 2.05) is 6.92 Å². The fourth-order valence-electron chi connectivity index (χ4n) is 3.62. The standard InChI is InChI=1S/C11H20O/c1-9(2)8-5-6-10(9,3)11(4,12)7-8/h8,12H,5-7H2,1-4H3/t8?,10?,11-/m0/s1. The van der Waals surface area contributed by atoms with Crippen LogP contribution in [0.3, 0.4) is 0 Å². The molecule has 0 aromatic rings. The molecular weight excluding hydrogens is 148 g/mol. The molecule has 0 heterocycles. The van der Waals surface area contributed by atoms with Crippen LogP contribution < -0.4 is 0 Å². The first-order valence-electron chi connectivity index (χ1n) is 5.04. The SMILES string of the molecule is CC1(C)C2CCC1(C)[C@@](C)(O)C2. The minimum atomic E-state index is -0.417. The van der Waals surface area contributed by atoms with Gasteiger partial charge in [-0.1, -0.05) is 20.8 Å². The lowest BCUT2D eigenvalue weighted by Crippen LogP contribution is -2.44. The Morgan fingerprint density at radius 1 is 1.17 bits per heavy atom. The largest absolute Gasteiger partial charge is 0.390 e. The van der Waals surface area contributed by atoms with E-state index >= 15 is 0 Å². The lowest BCUT2D eigenvalue weighted by molar-refractivity contribution is -0.0745. The summed E-state index contributed by atoms with van der Waals surface area (Å²) in [6.07, 6.45) is 3.54. The number of rotatable bonds is 0. The quantitative estimate of drug-likeness (QED) is 0.589. The maximum Gasteiger partial charge on any atom is 0.0681 e. The Morgan fingerprint density at radius 3 is 1.92 bits per heavy atom. The van der Waals surface area contributed by atoms with E-state index < -0.39 is 5.60 Å². The van der Waals surface area contributed by atoms with Gasteiger partial charge in [0.1, 0.15) is 0 Å². The van der Waals surface area contributed by atoms with Crippen LogP contribution in [-0.4, -0.2) is 10.7 Å². The molecule has 2 fully saturated rings. The molecule has 70 valence electrons. The molecule has 2 unspecified atom stereocenters. The molecule has 0 saturated heterocycles. The first kappa shape index (κ1) is 8.55. The van der Waals surface area contributed by atoms with E-state index in [1.54, 1.807) is 0 Å². The van der Waals surface area contributed by atoms with Gasteiger partial charge in [0.2, 0.25) is 0 Å². The normalized spacial score (nSPS) is 56.2. The number of fused-ring (bicyclic) bond motifs is 2. The average Bonchev–Trinajstić information content (AvgIpc) is 2.18. The third-order valence-electron chi connectivity index (χ3n) is 5.27. The van der Waals surface area contributed by atoms with Crippen LogP contribution in [0.15, 0.2) is 0 Å². The van der Waals surface area contributed by atoms with Crippen LogP contribution in [0.25, 0.3) is 0 Å². The Balaban J connectivity index is 2.47. The van der Waals surface area contributed by atoms with E-state index in [0.717, 1.165) is 12.3 Å². The summed E-state index contributed by atoms with van der Waals surface area (Å²) in [5.74, 6) is 0.748. The smallest absolute Gasteiger partial charge is 0.0681 e. The fraction of sp³-hybridized carbons (Fsp3) is 1.00. The highest BCUT2D eigenvalue weighted by Gasteiger charge is 2.66. The van der Waals surface area contributed by atoms with Gasteiger partial charge in [0.15, 0.2) is 0 Å². The van der Waals surface area contributed by atoms with Gasteiger partial charge in [-0.3, -0.25) is 0 Å². The van der Waals surface area contributed by atoms with Crippen molar-refractivity contribution in [2.45, 2.75) is 52.6 Å². The van der Waals surface area contributed by atoms with E-state index in [9.17, 15) is 5.11 Å². The molecular formula is C11H20O. The predicted molar refractivity (Wildman–Crippen MR) is 49.9 cm³/mol. The summed E-state index contributed by atoms with van der Waals surface area (Å²) in [6, 6.07) is 0. The monoisotopic (exact) mass is 168 g/mol. The van der Waals surface area contributed by atoms with Crippen molar-refractivity contribution in [1.29, 1.82) is 0 Å². The van der Waals surface area contributed by atoms with E-state index in [4.69, 9.17) is 0 Å². The highest BCUT2D eigenvalue weighted by molar-refractivity contribution is 5.16. The number of aliphatic hydroxyl groups is 1. The lowest BCUT2D eigenvalue weighted by atomic mass is 9.65. The maximum atomic E-state index is 10.3. The molecule has 1 nitrogen and oxygen atoms in total. The molecule has 1 heteroatoms. The second-order valence-electron chi connectivity index (χ2n) is 5.77. The van der Waals surface area contributed by atoms with Crippen molar-refractivity contribution >= 4 is 0 Å². The zero-order valence-corrected chi connectivity index (χ0v) is 8.65. The molecule has 3 atom stereocenters. The topological polar surface area (TPSA) is 20.2 Å². The van der Waals surface area contributed by atoms with E-state index in [0.29, 0.717) is 5.41 Å². The third kappa shape index (κ3) is 0.654. The Kier molecular flexibility index (Phi) is 1.35. The highest BCUT2D eigenvalue weighted by atomic mass is 16.3. The van der Waals surface area contributed by atoms with Gasteiger partial charge in [-0.25, -0.2) is 0 Å². The molecule has 2 aliphatic rings. The van der Waals surface area contributed by atoms with Gasteiger partial charge >= 0.3 is 0 Å². The van der Waals surface area contributed by atoms with Crippen LogP contribution in [-0.2, 0) is 0 Å². The van der Waals surface area contributed by atoms with Crippen molar-refractivity contribution in [3.8, 4) is 0 Å². The summed E-state index contributed by atoms with van der Waals surface area (Å²) in [5, 5.41) is 10.3. The van der Waals surface area contributed by atoms with Crippen LogP contribution in [0.5, 0.6) is 0 Å². The van der Waals surface area contributed by atoms with Gasteiger partial charge in [-0.05, 0) is 37.5 Å². The van der Waals surface area contributed by atoms with Gasteiger partial charge in [0, 0.05) is 5.41 Å². The van der Waals surface area contributed by atoms with E-state index in [2.05, 4.69) is 20.8 Å². The highest BCUT2D eigenvalue weighted by Crippen LogP contribution is 2.69. The molecule has 0 aliphatic heterocycles. The van der Waals surface area contributed by atoms with Crippen molar-refractivity contribution in [1.82, 2.24) is 0 Å². The summed E-state index contributed by atoms with van der Waals surface area (Å²) in [4.78, 5) is 0. The van der Waals surface area contributed by atoms with Crippen LogP contribution in [0, 0.1) is 16.7 Å². The summed E-state index contributed by atoms with van der Waals surface area (Å²) < 4.78 is 0.